The number of amides is 1. The summed E-state index contributed by atoms with van der Waals surface area (Å²) in [7, 11) is 3.80. The molecule has 1 rings (SSSR count). The highest BCUT2D eigenvalue weighted by Crippen LogP contribution is 2.04. The highest BCUT2D eigenvalue weighted by atomic mass is 16.2. The molecule has 1 fully saturated rings. The minimum Gasteiger partial charge on any atom is -0.358 e. The van der Waals surface area contributed by atoms with E-state index in [2.05, 4.69) is 22.2 Å². The van der Waals surface area contributed by atoms with Crippen molar-refractivity contribution in [1.29, 1.82) is 0 Å². The zero-order chi connectivity index (χ0) is 11.8. The first-order chi connectivity index (χ1) is 7.15. The second kappa shape index (κ2) is 7.65. The van der Waals surface area contributed by atoms with E-state index >= 15 is 0 Å². The van der Waals surface area contributed by atoms with Crippen molar-refractivity contribution in [2.75, 3.05) is 40.3 Å². The molecular weight excluding hydrogens is 190 g/mol. The normalized spacial score (nSPS) is 20.1. The van der Waals surface area contributed by atoms with Gasteiger partial charge in [0.15, 0.2) is 0 Å². The van der Waals surface area contributed by atoms with E-state index in [0.29, 0.717) is 0 Å². The molecule has 1 N–H and O–H groups in total. The van der Waals surface area contributed by atoms with Crippen molar-refractivity contribution in [3.63, 3.8) is 0 Å². The van der Waals surface area contributed by atoms with Gasteiger partial charge in [-0.05, 0) is 14.0 Å². The Kier molecular flexibility index (Phi) is 7.34. The van der Waals surface area contributed by atoms with Crippen LogP contribution in [0.5, 0.6) is 0 Å². The van der Waals surface area contributed by atoms with Crippen LogP contribution in [-0.2, 0) is 4.79 Å². The van der Waals surface area contributed by atoms with Gasteiger partial charge < -0.3 is 10.2 Å². The molecule has 1 heterocycles. The van der Waals surface area contributed by atoms with E-state index in [1.165, 1.54) is 0 Å². The maximum atomic E-state index is 11.3. The Morgan fingerprint density at radius 3 is 2.07 bits per heavy atom. The highest BCUT2D eigenvalue weighted by Gasteiger charge is 2.23. The molecule has 0 spiro atoms. The lowest BCUT2D eigenvalue weighted by Gasteiger charge is -2.35. The zero-order valence-corrected chi connectivity index (χ0v) is 10.7. The summed E-state index contributed by atoms with van der Waals surface area (Å²) in [6, 6.07) is 0.0127. The van der Waals surface area contributed by atoms with Crippen LogP contribution >= 0.6 is 0 Å². The number of carbonyl (C=O) groups is 1. The van der Waals surface area contributed by atoms with Crippen LogP contribution in [0.1, 0.15) is 20.8 Å². The summed E-state index contributed by atoms with van der Waals surface area (Å²) in [5.74, 6) is 0.115. The molecule has 1 amide bonds. The van der Waals surface area contributed by atoms with Gasteiger partial charge in [0.1, 0.15) is 0 Å². The van der Waals surface area contributed by atoms with Crippen LogP contribution in [0.3, 0.4) is 0 Å². The fourth-order valence-electron chi connectivity index (χ4n) is 1.58. The summed E-state index contributed by atoms with van der Waals surface area (Å²) in [6.07, 6.45) is 0. The average molecular weight is 215 g/mol. The number of nitrogens with zero attached hydrogens (tertiary/aromatic N) is 2. The van der Waals surface area contributed by atoms with Crippen molar-refractivity contribution in [2.24, 2.45) is 0 Å². The number of likely N-dealkylation sites (N-methyl/N-ethyl adjacent to an activating group) is 2. The van der Waals surface area contributed by atoms with Crippen molar-refractivity contribution >= 4 is 5.91 Å². The molecule has 0 radical (unpaired) electrons. The minimum absolute atomic E-state index is 0.0127. The number of carbonyl (C=O) groups excluding carboxylic acids is 1. The van der Waals surface area contributed by atoms with Crippen LogP contribution in [0.2, 0.25) is 0 Å². The number of piperazine rings is 1. The first kappa shape index (κ1) is 14.4. The van der Waals surface area contributed by atoms with E-state index in [0.717, 1.165) is 26.2 Å². The topological polar surface area (TPSA) is 35.6 Å². The lowest BCUT2D eigenvalue weighted by Crippen LogP contribution is -2.52. The molecule has 0 bridgehead atoms. The second-order valence-electron chi connectivity index (χ2n) is 3.63. The monoisotopic (exact) mass is 215 g/mol. The smallest absolute Gasteiger partial charge is 0.236 e. The Morgan fingerprint density at radius 1 is 1.20 bits per heavy atom. The summed E-state index contributed by atoms with van der Waals surface area (Å²) in [5, 5.41) is 2.68. The molecule has 0 aromatic rings. The Balaban J connectivity index is 0.000000921. The van der Waals surface area contributed by atoms with Crippen molar-refractivity contribution in [3.8, 4) is 0 Å². The van der Waals surface area contributed by atoms with Crippen LogP contribution in [0.15, 0.2) is 0 Å². The standard InChI is InChI=1S/C9H19N3O.C2H6/c1-8(9(13)10-2)12-6-4-11(3)5-7-12;1-2/h8H,4-7H2,1-3H3,(H,10,13);1-2H3. The first-order valence-electron chi connectivity index (χ1n) is 5.79. The largest absolute Gasteiger partial charge is 0.358 e. The summed E-state index contributed by atoms with van der Waals surface area (Å²) in [4.78, 5) is 15.8. The molecule has 90 valence electrons. The molecule has 1 unspecified atom stereocenters. The number of hydrogen-bond donors (Lipinski definition) is 1. The van der Waals surface area contributed by atoms with E-state index in [9.17, 15) is 4.79 Å². The third kappa shape index (κ3) is 4.62. The van der Waals surface area contributed by atoms with Gasteiger partial charge in [-0.2, -0.15) is 0 Å². The van der Waals surface area contributed by atoms with Gasteiger partial charge in [0.2, 0.25) is 5.91 Å². The fraction of sp³-hybridized carbons (Fsp3) is 0.909. The van der Waals surface area contributed by atoms with E-state index < -0.39 is 0 Å². The molecule has 15 heavy (non-hydrogen) atoms. The molecule has 0 aliphatic carbocycles. The van der Waals surface area contributed by atoms with Gasteiger partial charge in [0.05, 0.1) is 6.04 Å². The first-order valence-corrected chi connectivity index (χ1v) is 5.79. The summed E-state index contributed by atoms with van der Waals surface area (Å²) >= 11 is 0. The van der Waals surface area contributed by atoms with Crippen molar-refractivity contribution in [3.05, 3.63) is 0 Å². The maximum absolute atomic E-state index is 11.3. The van der Waals surface area contributed by atoms with E-state index in [1.54, 1.807) is 7.05 Å². The average Bonchev–Trinajstić information content (AvgIpc) is 2.31. The van der Waals surface area contributed by atoms with E-state index in [4.69, 9.17) is 0 Å². The Bertz CT molecular complexity index is 177. The van der Waals surface area contributed by atoms with Crippen LogP contribution < -0.4 is 5.32 Å². The van der Waals surface area contributed by atoms with Gasteiger partial charge in [0, 0.05) is 33.2 Å². The number of rotatable bonds is 2. The van der Waals surface area contributed by atoms with E-state index in [-0.39, 0.29) is 11.9 Å². The van der Waals surface area contributed by atoms with Gasteiger partial charge in [-0.15, -0.1) is 0 Å². The molecule has 1 aliphatic rings. The van der Waals surface area contributed by atoms with Gasteiger partial charge in [-0.25, -0.2) is 0 Å². The van der Waals surface area contributed by atoms with Crippen LogP contribution in [0, 0.1) is 0 Å². The summed E-state index contributed by atoms with van der Waals surface area (Å²) < 4.78 is 0. The SMILES string of the molecule is CC.CNC(=O)C(C)N1CCN(C)CC1. The van der Waals surface area contributed by atoms with Gasteiger partial charge in [-0.3, -0.25) is 9.69 Å². The molecule has 1 atom stereocenters. The molecule has 1 saturated heterocycles. The van der Waals surface area contributed by atoms with Gasteiger partial charge in [-0.1, -0.05) is 13.8 Å². The quantitative estimate of drug-likeness (QED) is 0.724. The molecular formula is C11H25N3O. The maximum Gasteiger partial charge on any atom is 0.236 e. The molecule has 0 saturated carbocycles. The zero-order valence-electron chi connectivity index (χ0n) is 10.7. The lowest BCUT2D eigenvalue weighted by atomic mass is 10.2. The fourth-order valence-corrected chi connectivity index (χ4v) is 1.58. The van der Waals surface area contributed by atoms with E-state index in [1.807, 2.05) is 20.8 Å². The predicted molar refractivity (Wildman–Crippen MR) is 63.9 cm³/mol. The lowest BCUT2D eigenvalue weighted by molar-refractivity contribution is -0.126. The van der Waals surface area contributed by atoms with Crippen molar-refractivity contribution in [1.82, 2.24) is 15.1 Å². The minimum atomic E-state index is 0.0127. The van der Waals surface area contributed by atoms with Crippen LogP contribution in [-0.4, -0.2) is 62.0 Å². The summed E-state index contributed by atoms with van der Waals surface area (Å²) in [6.45, 7) is 10.1. The highest BCUT2D eigenvalue weighted by molar-refractivity contribution is 5.80. The third-order valence-electron chi connectivity index (χ3n) is 2.71. The Hall–Kier alpha value is -0.610. The van der Waals surface area contributed by atoms with Crippen molar-refractivity contribution < 1.29 is 4.79 Å². The van der Waals surface area contributed by atoms with Crippen molar-refractivity contribution in [2.45, 2.75) is 26.8 Å². The number of hydrogen-bond acceptors (Lipinski definition) is 3. The Labute approximate surface area is 93.6 Å². The third-order valence-corrected chi connectivity index (χ3v) is 2.71. The molecule has 0 aromatic carbocycles. The Morgan fingerprint density at radius 2 is 1.67 bits per heavy atom. The molecule has 4 heteroatoms. The number of nitrogens with one attached hydrogen (secondary N) is 1. The molecule has 0 aromatic heterocycles. The second-order valence-corrected chi connectivity index (χ2v) is 3.63. The van der Waals surface area contributed by atoms with Crippen LogP contribution in [0.4, 0.5) is 0 Å². The van der Waals surface area contributed by atoms with Gasteiger partial charge in [0.25, 0.3) is 0 Å². The molecule has 1 aliphatic heterocycles. The molecule has 4 nitrogen and oxygen atoms in total. The predicted octanol–water partition coefficient (Wildman–Crippen LogP) is 0.395. The van der Waals surface area contributed by atoms with Crippen LogP contribution in [0.25, 0.3) is 0 Å². The van der Waals surface area contributed by atoms with Gasteiger partial charge >= 0.3 is 0 Å². The summed E-state index contributed by atoms with van der Waals surface area (Å²) in [5.41, 5.74) is 0.